The van der Waals surface area contributed by atoms with E-state index >= 15 is 0 Å². The van der Waals surface area contributed by atoms with E-state index in [1.165, 1.54) is 17.6 Å². The number of nitrogens with one attached hydrogen (secondary N) is 2. The topological polar surface area (TPSA) is 125 Å². The number of rotatable bonds is 10. The van der Waals surface area contributed by atoms with Crippen LogP contribution in [0.15, 0.2) is 43.0 Å². The highest BCUT2D eigenvalue weighted by Gasteiger charge is 2.38. The van der Waals surface area contributed by atoms with Gasteiger partial charge in [-0.05, 0) is 56.0 Å². The first kappa shape index (κ1) is 28.5. The van der Waals surface area contributed by atoms with Gasteiger partial charge in [0.15, 0.2) is 23.1 Å². The summed E-state index contributed by atoms with van der Waals surface area (Å²) in [6, 6.07) is 4.59. The highest BCUT2D eigenvalue weighted by atomic mass is 32.1. The number of benzene rings is 1. The second-order valence-electron chi connectivity index (χ2n) is 11.3. The fourth-order valence-electron chi connectivity index (χ4n) is 6.27. The van der Waals surface area contributed by atoms with Crippen molar-refractivity contribution < 1.29 is 13.9 Å². The number of halogens is 2. The molecule has 5 aromatic heterocycles. The van der Waals surface area contributed by atoms with Gasteiger partial charge in [-0.2, -0.15) is 9.47 Å². The normalized spacial score (nSPS) is 14.9. The van der Waals surface area contributed by atoms with Crippen LogP contribution in [0.5, 0.6) is 0 Å². The molecule has 0 radical (unpaired) electrons. The first-order valence-corrected chi connectivity index (χ1v) is 15.4. The molecule has 3 N–H and O–H groups in total. The average Bonchev–Trinajstić information content (AvgIpc) is 3.84. The number of hydrogen-bond donors (Lipinski definition) is 3. The van der Waals surface area contributed by atoms with Gasteiger partial charge in [0.1, 0.15) is 16.3 Å². The van der Waals surface area contributed by atoms with Gasteiger partial charge in [0.05, 0.1) is 48.1 Å². The van der Waals surface area contributed by atoms with E-state index in [1.807, 2.05) is 29.8 Å². The number of aliphatic hydroxyl groups is 1. The molecular weight excluding hydrogens is 586 g/mol. The van der Waals surface area contributed by atoms with E-state index in [2.05, 4.69) is 37.2 Å². The number of imidazole rings is 2. The Morgan fingerprint density at radius 3 is 2.80 bits per heavy atom. The van der Waals surface area contributed by atoms with Crippen molar-refractivity contribution in [3.8, 4) is 11.3 Å². The van der Waals surface area contributed by atoms with Crippen LogP contribution in [0, 0.1) is 18.6 Å². The molecule has 11 nitrogen and oxygen atoms in total. The number of hydrogen-bond acceptors (Lipinski definition) is 9. The molecule has 5 heterocycles. The third-order valence-electron chi connectivity index (χ3n) is 8.48. The van der Waals surface area contributed by atoms with Crippen LogP contribution in [0.1, 0.15) is 49.8 Å². The van der Waals surface area contributed by atoms with Crippen molar-refractivity contribution in [3.63, 3.8) is 0 Å². The molecule has 0 bridgehead atoms. The second-order valence-corrected chi connectivity index (χ2v) is 12.2. The van der Waals surface area contributed by atoms with Gasteiger partial charge in [0.25, 0.3) is 0 Å². The van der Waals surface area contributed by atoms with Crippen molar-refractivity contribution in [2.24, 2.45) is 0 Å². The van der Waals surface area contributed by atoms with Crippen LogP contribution in [0.25, 0.3) is 27.9 Å². The molecule has 0 unspecified atom stereocenters. The monoisotopic (exact) mass is 618 g/mol. The summed E-state index contributed by atoms with van der Waals surface area (Å²) < 4.78 is 36.1. The van der Waals surface area contributed by atoms with Gasteiger partial charge < -0.3 is 15.4 Å². The minimum atomic E-state index is -0.970. The molecule has 44 heavy (non-hydrogen) atoms. The Balaban J connectivity index is 1.11. The Bertz CT molecular complexity index is 1950. The maximum atomic E-state index is 14.1. The van der Waals surface area contributed by atoms with Gasteiger partial charge in [-0.1, -0.05) is 19.8 Å². The number of aromatic amines is 1. The summed E-state index contributed by atoms with van der Waals surface area (Å²) in [7, 11) is 0. The fourth-order valence-corrected chi connectivity index (χ4v) is 6.92. The Morgan fingerprint density at radius 2 is 2.00 bits per heavy atom. The van der Waals surface area contributed by atoms with E-state index in [0.717, 1.165) is 65.9 Å². The third-order valence-corrected chi connectivity index (χ3v) is 9.23. The van der Waals surface area contributed by atoms with Gasteiger partial charge in [0, 0.05) is 30.0 Å². The maximum absolute atomic E-state index is 14.1. The van der Waals surface area contributed by atoms with Crippen molar-refractivity contribution >= 4 is 39.0 Å². The highest BCUT2D eigenvalue weighted by Crippen LogP contribution is 2.36. The van der Waals surface area contributed by atoms with Gasteiger partial charge >= 0.3 is 0 Å². The van der Waals surface area contributed by atoms with E-state index in [1.54, 1.807) is 17.1 Å². The number of nitrogens with zero attached hydrogens (tertiary/aromatic N) is 8. The third kappa shape index (κ3) is 5.12. The zero-order chi connectivity index (χ0) is 30.4. The molecule has 0 saturated heterocycles. The first-order chi connectivity index (χ1) is 21.4. The average molecular weight is 619 g/mol. The highest BCUT2D eigenvalue weighted by molar-refractivity contribution is 7.10. The maximum Gasteiger partial charge on any atom is 0.186 e. The van der Waals surface area contributed by atoms with Crippen molar-refractivity contribution in [1.29, 1.82) is 0 Å². The number of aliphatic hydroxyl groups excluding tert-OH is 1. The van der Waals surface area contributed by atoms with Crippen molar-refractivity contribution in [2.45, 2.75) is 58.2 Å². The predicted octanol–water partition coefficient (Wildman–Crippen LogP) is 5.43. The summed E-state index contributed by atoms with van der Waals surface area (Å²) in [5.74, 6) is -0.825. The molecule has 1 aliphatic rings. The number of aromatic nitrogens is 8. The van der Waals surface area contributed by atoms with Crippen molar-refractivity contribution in [3.05, 3.63) is 71.8 Å². The molecule has 0 amide bonds. The Labute approximate surface area is 255 Å². The number of aryl methyl sites for hydroxylation is 1. The lowest BCUT2D eigenvalue weighted by atomic mass is 9.96. The van der Waals surface area contributed by atoms with Crippen LogP contribution in [0.3, 0.4) is 0 Å². The molecule has 1 fully saturated rings. The van der Waals surface area contributed by atoms with E-state index < -0.39 is 11.6 Å². The number of likely N-dealkylation sites (N-methyl/N-ethyl adjacent to an activating group) is 1. The van der Waals surface area contributed by atoms with Crippen LogP contribution in [-0.2, 0) is 13.1 Å². The lowest BCUT2D eigenvalue weighted by molar-refractivity contribution is 0.0307. The van der Waals surface area contributed by atoms with E-state index in [-0.39, 0.29) is 24.2 Å². The molecule has 7 rings (SSSR count). The Hall–Kier alpha value is -4.27. The number of H-pyrrole nitrogens is 1. The van der Waals surface area contributed by atoms with Crippen LogP contribution < -0.4 is 5.32 Å². The van der Waals surface area contributed by atoms with Crippen molar-refractivity contribution in [1.82, 2.24) is 43.4 Å². The zero-order valence-corrected chi connectivity index (χ0v) is 25.2. The first-order valence-electron chi connectivity index (χ1n) is 14.6. The Morgan fingerprint density at radius 1 is 1.16 bits per heavy atom. The predicted molar refractivity (Wildman–Crippen MR) is 164 cm³/mol. The van der Waals surface area contributed by atoms with Crippen LogP contribution in [0.2, 0.25) is 0 Å². The summed E-state index contributed by atoms with van der Waals surface area (Å²) in [4.78, 5) is 19.0. The molecule has 14 heteroatoms. The van der Waals surface area contributed by atoms with Gasteiger partial charge in [0.2, 0.25) is 0 Å². The molecule has 228 valence electrons. The minimum absolute atomic E-state index is 0.0317. The van der Waals surface area contributed by atoms with Gasteiger partial charge in [-0.15, -0.1) is 0 Å². The summed E-state index contributed by atoms with van der Waals surface area (Å²) >= 11 is 1.38. The quantitative estimate of drug-likeness (QED) is 0.186. The fraction of sp³-hybridized carbons (Fsp3) is 0.367. The largest absolute Gasteiger partial charge is 0.394 e. The molecule has 0 atom stereocenters. The minimum Gasteiger partial charge on any atom is -0.394 e. The number of anilines is 2. The molecular formula is C30H32F2N10OS. The van der Waals surface area contributed by atoms with Crippen molar-refractivity contribution in [2.75, 3.05) is 18.5 Å². The zero-order valence-electron chi connectivity index (χ0n) is 24.4. The summed E-state index contributed by atoms with van der Waals surface area (Å²) in [5, 5.41) is 18.9. The summed E-state index contributed by atoms with van der Waals surface area (Å²) in [5.41, 5.74) is 4.31. The smallest absolute Gasteiger partial charge is 0.186 e. The summed E-state index contributed by atoms with van der Waals surface area (Å²) in [6.45, 7) is 6.02. The van der Waals surface area contributed by atoms with E-state index in [4.69, 9.17) is 9.36 Å². The molecule has 0 aliphatic heterocycles. The van der Waals surface area contributed by atoms with E-state index in [9.17, 15) is 13.9 Å². The van der Waals surface area contributed by atoms with Gasteiger partial charge in [-0.3, -0.25) is 14.0 Å². The molecule has 1 saturated carbocycles. The van der Waals surface area contributed by atoms with Crippen LogP contribution >= 0.6 is 11.5 Å². The summed E-state index contributed by atoms with van der Waals surface area (Å²) in [6.07, 6.45) is 11.6. The van der Waals surface area contributed by atoms with Gasteiger partial charge in [-0.25, -0.2) is 23.7 Å². The molecule has 1 aromatic carbocycles. The second kappa shape index (κ2) is 11.3. The lowest BCUT2D eigenvalue weighted by Crippen LogP contribution is -2.49. The van der Waals surface area contributed by atoms with Crippen LogP contribution in [-0.4, -0.2) is 67.2 Å². The number of fused-ring (bicyclic) bond motifs is 2. The molecule has 6 aromatic rings. The SMILES string of the molecule is CCN(Cc1cc(Nc2nc(C)cn3c(-c4cnn(Cc5nc6c(F)c(F)ccc6[nH]5)c4)cnc23)sn1)C1(CO)CCCC1. The molecule has 1 aliphatic carbocycles. The van der Waals surface area contributed by atoms with E-state index in [0.29, 0.717) is 29.4 Å². The standard InChI is InChI=1S/C30H32F2N10OS/c1-3-40(30(17-43)8-4-5-9-30)15-20-10-25(44-39-20)38-28-29-33-12-23(42(29)13-18(2)35-28)19-11-34-41(14-19)16-24-36-22-7-6-21(31)26(32)27(22)37-24/h6-7,10-14,43H,3-5,8-9,15-17H2,1-2H3,(H,35,38)(H,36,37). The van der Waals surface area contributed by atoms with Crippen LogP contribution in [0.4, 0.5) is 19.6 Å². The molecule has 0 spiro atoms. The lowest BCUT2D eigenvalue weighted by Gasteiger charge is -2.39. The Kier molecular flexibility index (Phi) is 7.34.